The highest BCUT2D eigenvalue weighted by atomic mass is 16.2. The van der Waals surface area contributed by atoms with E-state index in [-0.39, 0.29) is 0 Å². The van der Waals surface area contributed by atoms with Crippen LogP contribution in [0.25, 0.3) is 0 Å². The SMILES string of the molecule is N=O.c1ccncc1. The minimum absolute atomic E-state index is 1.75. The summed E-state index contributed by atoms with van der Waals surface area (Å²) in [4.78, 5) is 11.3. The van der Waals surface area contributed by atoms with Crippen LogP contribution in [0.15, 0.2) is 30.6 Å². The molecule has 8 heavy (non-hydrogen) atoms. The average Bonchev–Trinajstić information content (AvgIpc) is 1.96. The number of nitroso groups, excluding NO2 is 1. The van der Waals surface area contributed by atoms with E-state index in [0.717, 1.165) is 0 Å². The van der Waals surface area contributed by atoms with Crippen LogP contribution in [0.3, 0.4) is 0 Å². The molecule has 0 unspecified atom stereocenters. The van der Waals surface area contributed by atoms with Gasteiger partial charge in [-0.3, -0.25) is 4.98 Å². The topological polar surface area (TPSA) is 53.8 Å². The van der Waals surface area contributed by atoms with Crippen molar-refractivity contribution in [3.8, 4) is 0 Å². The molecule has 0 spiro atoms. The first kappa shape index (κ1) is 6.75. The molecule has 3 heteroatoms. The Balaban J connectivity index is 0.000000222. The highest BCUT2D eigenvalue weighted by Crippen LogP contribution is 1.73. The van der Waals surface area contributed by atoms with E-state index in [1.165, 1.54) is 0 Å². The molecule has 0 atom stereocenters. The number of aromatic nitrogens is 1. The first-order valence-corrected chi connectivity index (χ1v) is 2.05. The third-order valence-corrected chi connectivity index (χ3v) is 0.566. The second-order valence-electron chi connectivity index (χ2n) is 1.02. The van der Waals surface area contributed by atoms with Crippen molar-refractivity contribution in [2.24, 2.45) is 0 Å². The molecule has 0 aliphatic carbocycles. The van der Waals surface area contributed by atoms with Gasteiger partial charge in [-0.2, -0.15) is 4.91 Å². The van der Waals surface area contributed by atoms with Crippen LogP contribution in [0.4, 0.5) is 0 Å². The highest BCUT2D eigenvalue weighted by Gasteiger charge is 1.58. The van der Waals surface area contributed by atoms with Crippen LogP contribution >= 0.6 is 0 Å². The maximum atomic E-state index is 7.50. The summed E-state index contributed by atoms with van der Waals surface area (Å²) in [6.07, 6.45) is 3.50. The van der Waals surface area contributed by atoms with Gasteiger partial charge in [-0.25, -0.2) is 0 Å². The predicted molar refractivity (Wildman–Crippen MR) is 30.3 cm³/mol. The Kier molecular flexibility index (Phi) is 4.85. The Hall–Kier alpha value is -1.25. The van der Waals surface area contributed by atoms with Gasteiger partial charge in [0, 0.05) is 12.4 Å². The van der Waals surface area contributed by atoms with Crippen LogP contribution in [0.5, 0.6) is 0 Å². The zero-order chi connectivity index (χ0) is 6.24. The van der Waals surface area contributed by atoms with Gasteiger partial charge >= 0.3 is 0 Å². The van der Waals surface area contributed by atoms with Gasteiger partial charge in [-0.15, -0.1) is 0 Å². The van der Waals surface area contributed by atoms with Crippen LogP contribution in [0, 0.1) is 10.5 Å². The maximum absolute atomic E-state index is 7.50. The zero-order valence-electron chi connectivity index (χ0n) is 4.24. The molecule has 0 aliphatic rings. The lowest BCUT2D eigenvalue weighted by Crippen LogP contribution is -1.58. The Labute approximate surface area is 47.1 Å². The molecule has 42 valence electrons. The third kappa shape index (κ3) is 2.96. The van der Waals surface area contributed by atoms with Crippen LogP contribution in [0.2, 0.25) is 0 Å². The first-order chi connectivity index (χ1) is 4.00. The fraction of sp³-hybridized carbons (Fsp3) is 0. The second kappa shape index (κ2) is 5.75. The Bertz CT molecular complexity index is 93.3. The lowest BCUT2D eigenvalue weighted by Gasteiger charge is -1.70. The first-order valence-electron chi connectivity index (χ1n) is 2.05. The molecule has 0 aromatic carbocycles. The van der Waals surface area contributed by atoms with E-state index >= 15 is 0 Å². The molecule has 0 radical (unpaired) electrons. The van der Waals surface area contributed by atoms with Gasteiger partial charge in [0.05, 0.1) is 0 Å². The number of nitrogens with zero attached hydrogens (tertiary/aromatic N) is 1. The molecule has 1 rings (SSSR count). The van der Waals surface area contributed by atoms with Gasteiger partial charge in [0.25, 0.3) is 0 Å². The Morgan fingerprint density at radius 1 is 1.00 bits per heavy atom. The average molecular weight is 110 g/mol. The van der Waals surface area contributed by atoms with Crippen LogP contribution in [-0.2, 0) is 0 Å². The molecule has 1 heterocycles. The lowest BCUT2D eigenvalue weighted by molar-refractivity contribution is 1.33. The van der Waals surface area contributed by atoms with Crippen molar-refractivity contribution in [3.63, 3.8) is 0 Å². The molecule has 0 aliphatic heterocycles. The highest BCUT2D eigenvalue weighted by molar-refractivity contribution is 4.88. The van der Waals surface area contributed by atoms with Gasteiger partial charge in [0.1, 0.15) is 0 Å². The predicted octanol–water partition coefficient (Wildman–Crippen LogP) is 1.41. The molecule has 0 saturated carbocycles. The monoisotopic (exact) mass is 110 g/mol. The van der Waals surface area contributed by atoms with Crippen molar-refractivity contribution < 1.29 is 0 Å². The van der Waals surface area contributed by atoms with E-state index in [9.17, 15) is 0 Å². The van der Waals surface area contributed by atoms with E-state index in [0.29, 0.717) is 0 Å². The fourth-order valence-corrected chi connectivity index (χ4v) is 0.313. The van der Waals surface area contributed by atoms with E-state index in [1.54, 1.807) is 12.4 Å². The summed E-state index contributed by atoms with van der Waals surface area (Å²) in [6.45, 7) is 0. The van der Waals surface area contributed by atoms with Gasteiger partial charge in [0.2, 0.25) is 0 Å². The molecular weight excluding hydrogens is 104 g/mol. The minimum atomic E-state index is 1.75. The largest absolute Gasteiger partial charge is 0.265 e. The van der Waals surface area contributed by atoms with Crippen LogP contribution in [0.1, 0.15) is 0 Å². The normalized spacial score (nSPS) is 6.50. The molecular formula is C5H6N2O. The number of pyridine rings is 1. The van der Waals surface area contributed by atoms with Crippen LogP contribution < -0.4 is 0 Å². The summed E-state index contributed by atoms with van der Waals surface area (Å²) in [5, 5.41) is 0. The number of hydrogen-bond donors (Lipinski definition) is 1. The fourth-order valence-electron chi connectivity index (χ4n) is 0.313. The van der Waals surface area contributed by atoms with Gasteiger partial charge in [-0.1, -0.05) is 11.7 Å². The summed E-state index contributed by atoms with van der Waals surface area (Å²) in [7, 11) is 0. The maximum Gasteiger partial charge on any atom is 0.0267 e. The van der Waals surface area contributed by atoms with Crippen molar-refractivity contribution in [3.05, 3.63) is 35.5 Å². The number of hydrogen-bond acceptors (Lipinski definition) is 3. The summed E-state index contributed by atoms with van der Waals surface area (Å²) >= 11 is 0. The summed E-state index contributed by atoms with van der Waals surface area (Å²) in [5.74, 6) is 0. The molecule has 0 fully saturated rings. The van der Waals surface area contributed by atoms with Crippen LogP contribution in [-0.4, -0.2) is 4.98 Å². The van der Waals surface area contributed by atoms with Crippen molar-refractivity contribution in [2.75, 3.05) is 0 Å². The van der Waals surface area contributed by atoms with Crippen molar-refractivity contribution in [1.82, 2.24) is 4.98 Å². The standard InChI is InChI=1S/C5H5N.HNO/c1-2-4-6-5-3-1;1-2/h1-5H;1H. The molecule has 1 N–H and O–H groups in total. The van der Waals surface area contributed by atoms with Gasteiger partial charge < -0.3 is 0 Å². The minimum Gasteiger partial charge on any atom is -0.265 e. The molecule has 3 nitrogen and oxygen atoms in total. The molecule has 1 aromatic rings. The molecule has 0 bridgehead atoms. The van der Waals surface area contributed by atoms with E-state index < -0.39 is 0 Å². The summed E-state index contributed by atoms with van der Waals surface area (Å²) < 4.78 is 0. The van der Waals surface area contributed by atoms with E-state index in [2.05, 4.69) is 10.6 Å². The summed E-state index contributed by atoms with van der Waals surface area (Å²) in [6, 6.07) is 5.72. The quantitative estimate of drug-likeness (QED) is 0.513. The van der Waals surface area contributed by atoms with Crippen molar-refractivity contribution in [2.45, 2.75) is 0 Å². The smallest absolute Gasteiger partial charge is 0.0267 e. The molecule has 0 amide bonds. The lowest BCUT2D eigenvalue weighted by atomic mass is 10.5. The third-order valence-electron chi connectivity index (χ3n) is 0.566. The number of nitrogens with one attached hydrogen (secondary N) is 1. The van der Waals surface area contributed by atoms with E-state index in [1.807, 2.05) is 18.2 Å². The Morgan fingerprint density at radius 2 is 1.50 bits per heavy atom. The van der Waals surface area contributed by atoms with Crippen molar-refractivity contribution in [1.29, 1.82) is 5.59 Å². The molecule has 0 saturated heterocycles. The summed E-state index contributed by atoms with van der Waals surface area (Å²) in [5.41, 5.74) is 4.50. The second-order valence-corrected chi connectivity index (χ2v) is 1.02. The zero-order valence-corrected chi connectivity index (χ0v) is 4.24. The molecule has 1 aromatic heterocycles. The van der Waals surface area contributed by atoms with Gasteiger partial charge in [-0.05, 0) is 12.1 Å². The Morgan fingerprint density at radius 3 is 1.62 bits per heavy atom. The number of rotatable bonds is 0. The van der Waals surface area contributed by atoms with E-state index in [4.69, 9.17) is 4.91 Å². The van der Waals surface area contributed by atoms with Gasteiger partial charge in [0.15, 0.2) is 0 Å². The van der Waals surface area contributed by atoms with Crippen molar-refractivity contribution >= 4 is 0 Å².